The van der Waals surface area contributed by atoms with E-state index in [0.29, 0.717) is 0 Å². The smallest absolute Gasteiger partial charge is 0.302 e. The first-order valence-electron chi connectivity index (χ1n) is 2.67. The van der Waals surface area contributed by atoms with Crippen molar-refractivity contribution < 1.29 is 18.5 Å². The highest BCUT2D eigenvalue weighted by Gasteiger charge is 2.34. The van der Waals surface area contributed by atoms with Gasteiger partial charge in [-0.2, -0.15) is 5.26 Å². The summed E-state index contributed by atoms with van der Waals surface area (Å²) in [5.41, 5.74) is 0. The molecule has 0 bridgehead atoms. The number of phosphoric ester groups is 1. The van der Waals surface area contributed by atoms with Gasteiger partial charge < -0.3 is 4.89 Å². The Morgan fingerprint density at radius 1 is 1.90 bits per heavy atom. The predicted molar refractivity (Wildman–Crippen MR) is 30.9 cm³/mol. The third-order valence-corrected chi connectivity index (χ3v) is 2.06. The lowest BCUT2D eigenvalue weighted by Gasteiger charge is -1.99. The number of phosphoric acid groups is 1. The number of nitrogens with zero attached hydrogens (tertiary/aromatic N) is 1. The Bertz CT molecular complexity index is 210. The summed E-state index contributed by atoms with van der Waals surface area (Å²) in [6.45, 7) is 0.0291. The highest BCUT2D eigenvalue weighted by atomic mass is 31.2. The zero-order chi connectivity index (χ0) is 7.61. The summed E-state index contributed by atoms with van der Waals surface area (Å²) >= 11 is 0. The highest BCUT2D eigenvalue weighted by Crippen LogP contribution is 2.50. The van der Waals surface area contributed by atoms with E-state index in [1.54, 1.807) is 0 Å². The Balaban J connectivity index is 2.45. The molecule has 56 valence electrons. The lowest BCUT2D eigenvalue weighted by Crippen LogP contribution is -2.06. The van der Waals surface area contributed by atoms with Crippen LogP contribution in [0.2, 0.25) is 0 Å². The minimum Gasteiger partial charge on any atom is -0.302 e. The van der Waals surface area contributed by atoms with Crippen molar-refractivity contribution >= 4 is 7.82 Å². The molecular formula is C4H6NO4P. The van der Waals surface area contributed by atoms with Crippen molar-refractivity contribution in [3.8, 4) is 6.07 Å². The van der Waals surface area contributed by atoms with Crippen molar-refractivity contribution in [2.75, 3.05) is 6.61 Å². The molecule has 0 aromatic rings. The molecular weight excluding hydrogens is 157 g/mol. The van der Waals surface area contributed by atoms with Crippen molar-refractivity contribution in [3.63, 3.8) is 0 Å². The molecule has 0 aliphatic carbocycles. The molecule has 1 aliphatic rings. The van der Waals surface area contributed by atoms with E-state index < -0.39 is 13.9 Å². The lowest BCUT2D eigenvalue weighted by molar-refractivity contribution is 0.218. The van der Waals surface area contributed by atoms with Gasteiger partial charge in [0.15, 0.2) is 0 Å². The molecule has 0 aromatic heterocycles. The molecule has 0 aromatic carbocycles. The molecule has 2 atom stereocenters. The third kappa shape index (κ3) is 1.79. The van der Waals surface area contributed by atoms with Crippen molar-refractivity contribution in [2.45, 2.75) is 12.5 Å². The van der Waals surface area contributed by atoms with Gasteiger partial charge in [0.1, 0.15) is 6.10 Å². The van der Waals surface area contributed by atoms with Gasteiger partial charge in [0.2, 0.25) is 0 Å². The Hall–Kier alpha value is -0.400. The van der Waals surface area contributed by atoms with E-state index in [1.807, 2.05) is 6.07 Å². The summed E-state index contributed by atoms with van der Waals surface area (Å²) in [6, 6.07) is 1.81. The van der Waals surface area contributed by atoms with Crippen LogP contribution in [-0.2, 0) is 13.6 Å². The van der Waals surface area contributed by atoms with Crippen LogP contribution in [0.25, 0.3) is 0 Å². The van der Waals surface area contributed by atoms with Gasteiger partial charge in [-0.1, -0.05) is 0 Å². The molecule has 1 fully saturated rings. The second-order valence-electron chi connectivity index (χ2n) is 1.85. The van der Waals surface area contributed by atoms with Crippen LogP contribution in [0, 0.1) is 11.3 Å². The van der Waals surface area contributed by atoms with Crippen LogP contribution < -0.4 is 0 Å². The summed E-state index contributed by atoms with van der Waals surface area (Å²) in [7, 11) is -3.78. The zero-order valence-corrected chi connectivity index (χ0v) is 5.95. The van der Waals surface area contributed by atoms with E-state index in [4.69, 9.17) is 10.2 Å². The first kappa shape index (κ1) is 7.70. The van der Waals surface area contributed by atoms with Crippen molar-refractivity contribution in [1.82, 2.24) is 0 Å². The van der Waals surface area contributed by atoms with E-state index >= 15 is 0 Å². The molecule has 1 rings (SSSR count). The van der Waals surface area contributed by atoms with Gasteiger partial charge in [0, 0.05) is 0 Å². The topological polar surface area (TPSA) is 79.5 Å². The monoisotopic (exact) mass is 163 g/mol. The van der Waals surface area contributed by atoms with E-state index in [-0.39, 0.29) is 13.0 Å². The lowest BCUT2D eigenvalue weighted by atomic mass is 10.3. The van der Waals surface area contributed by atoms with Crippen LogP contribution in [-0.4, -0.2) is 17.6 Å². The molecule has 0 spiro atoms. The summed E-state index contributed by atoms with van der Waals surface area (Å²) in [6.07, 6.45) is -0.453. The Morgan fingerprint density at radius 3 is 3.00 bits per heavy atom. The summed E-state index contributed by atoms with van der Waals surface area (Å²) in [5, 5.41) is 8.14. The number of hydrogen-bond acceptors (Lipinski definition) is 4. The van der Waals surface area contributed by atoms with Crippen molar-refractivity contribution in [1.29, 1.82) is 5.26 Å². The summed E-state index contributed by atoms with van der Waals surface area (Å²) in [4.78, 5) is 8.59. The third-order valence-electron chi connectivity index (χ3n) is 1.02. The fourth-order valence-electron chi connectivity index (χ4n) is 0.625. The van der Waals surface area contributed by atoms with Gasteiger partial charge in [0.05, 0.1) is 19.1 Å². The Labute approximate surface area is 57.8 Å². The molecule has 5 nitrogen and oxygen atoms in total. The fraction of sp³-hybridized carbons (Fsp3) is 0.750. The number of nitriles is 1. The minimum absolute atomic E-state index is 0.0291. The van der Waals surface area contributed by atoms with Crippen LogP contribution >= 0.6 is 7.82 Å². The van der Waals surface area contributed by atoms with E-state index in [0.717, 1.165) is 0 Å². The van der Waals surface area contributed by atoms with Crippen molar-refractivity contribution in [3.05, 3.63) is 0 Å². The molecule has 0 radical (unpaired) electrons. The van der Waals surface area contributed by atoms with E-state index in [1.165, 1.54) is 0 Å². The molecule has 0 saturated carbocycles. The minimum atomic E-state index is -3.78. The van der Waals surface area contributed by atoms with Crippen LogP contribution in [0.15, 0.2) is 0 Å². The van der Waals surface area contributed by atoms with Gasteiger partial charge in [-0.25, -0.2) is 4.57 Å². The second kappa shape index (κ2) is 2.69. The van der Waals surface area contributed by atoms with Gasteiger partial charge >= 0.3 is 7.82 Å². The summed E-state index contributed by atoms with van der Waals surface area (Å²) in [5.74, 6) is 0. The molecule has 6 heteroatoms. The second-order valence-corrected chi connectivity index (χ2v) is 3.26. The zero-order valence-electron chi connectivity index (χ0n) is 5.06. The molecule has 1 aliphatic heterocycles. The quantitative estimate of drug-likeness (QED) is 0.566. The molecule has 0 amide bonds. The molecule has 1 saturated heterocycles. The summed E-state index contributed by atoms with van der Waals surface area (Å²) < 4.78 is 19.3. The molecule has 1 heterocycles. The first-order chi connectivity index (χ1) is 4.64. The van der Waals surface area contributed by atoms with E-state index in [2.05, 4.69) is 9.05 Å². The maximum atomic E-state index is 10.5. The maximum absolute atomic E-state index is 10.5. The highest BCUT2D eigenvalue weighted by molar-refractivity contribution is 7.47. The standard InChI is InChI=1S/C4H6NO4P/c5-2-1-4-3-8-10(6,7)9-4/h4H,1,3H2,(H,6,7). The first-order valence-corrected chi connectivity index (χ1v) is 4.16. The Morgan fingerprint density at radius 2 is 2.60 bits per heavy atom. The van der Waals surface area contributed by atoms with E-state index in [9.17, 15) is 4.57 Å². The molecule has 2 unspecified atom stereocenters. The van der Waals surface area contributed by atoms with Crippen LogP contribution in [0.4, 0.5) is 0 Å². The van der Waals surface area contributed by atoms with Gasteiger partial charge in [-0.15, -0.1) is 0 Å². The average molecular weight is 163 g/mol. The van der Waals surface area contributed by atoms with Gasteiger partial charge in [-0.3, -0.25) is 9.05 Å². The van der Waals surface area contributed by atoms with Gasteiger partial charge in [0.25, 0.3) is 0 Å². The van der Waals surface area contributed by atoms with Crippen LogP contribution in [0.5, 0.6) is 0 Å². The largest absolute Gasteiger partial charge is 0.472 e. The van der Waals surface area contributed by atoms with Gasteiger partial charge in [-0.05, 0) is 0 Å². The predicted octanol–water partition coefficient (Wildman–Crippen LogP) is 0.416. The molecule has 10 heavy (non-hydrogen) atoms. The van der Waals surface area contributed by atoms with Crippen LogP contribution in [0.3, 0.4) is 0 Å². The number of rotatable bonds is 1. The Kier molecular flexibility index (Phi) is 2.07. The number of hydrogen-bond donors (Lipinski definition) is 1. The maximum Gasteiger partial charge on any atom is 0.472 e. The SMILES string of the molecule is N#CCC1COP(=O)(O)O1. The normalized spacial score (nSPS) is 39.4. The van der Waals surface area contributed by atoms with Crippen LogP contribution in [0.1, 0.15) is 6.42 Å². The van der Waals surface area contributed by atoms with Crippen molar-refractivity contribution in [2.24, 2.45) is 0 Å². The fourth-order valence-corrected chi connectivity index (χ4v) is 1.55. The molecule has 1 N–H and O–H groups in total. The average Bonchev–Trinajstić information content (AvgIpc) is 2.12.